The molecule has 0 aliphatic carbocycles. The molecule has 0 spiro atoms. The number of aromatic nitrogens is 3. The Kier molecular flexibility index (Phi) is 11.0. The van der Waals surface area contributed by atoms with Gasteiger partial charge in [-0.3, -0.25) is 9.55 Å². The number of aryl methyl sites for hydroxylation is 1. The van der Waals surface area contributed by atoms with Crippen LogP contribution in [0, 0.1) is 6.85 Å². The van der Waals surface area contributed by atoms with E-state index >= 15 is 0 Å². The third-order valence-corrected chi connectivity index (χ3v) is 16.4. The molecule has 4 nitrogen and oxygen atoms in total. The largest absolute Gasteiger partial charge is 0.507 e. The van der Waals surface area contributed by atoms with Crippen molar-refractivity contribution in [1.82, 2.24) is 14.5 Å². The summed E-state index contributed by atoms with van der Waals surface area (Å²) in [6.07, 6.45) is 5.22. The molecule has 2 heterocycles. The molecule has 0 radical (unpaired) electrons. The van der Waals surface area contributed by atoms with Crippen molar-refractivity contribution >= 4 is 11.0 Å². The van der Waals surface area contributed by atoms with Gasteiger partial charge in [-0.05, 0) is 188 Å². The second kappa shape index (κ2) is 20.9. The summed E-state index contributed by atoms with van der Waals surface area (Å²) in [6, 6.07) is 47.7. The van der Waals surface area contributed by atoms with Gasteiger partial charge >= 0.3 is 0 Å². The average Bonchev–Trinajstić information content (AvgIpc) is 1.13. The van der Waals surface area contributed by atoms with E-state index in [9.17, 15) is 9.22 Å². The maximum Gasteiger partial charge on any atom is 0.149 e. The Morgan fingerprint density at radius 2 is 1.19 bits per heavy atom. The summed E-state index contributed by atoms with van der Waals surface area (Å²) in [5, 5.41) is 12.6. The van der Waals surface area contributed by atoms with Crippen LogP contribution in [0.4, 0.5) is 0 Å². The van der Waals surface area contributed by atoms with Crippen molar-refractivity contribution in [2.75, 3.05) is 0 Å². The van der Waals surface area contributed by atoms with E-state index in [-0.39, 0.29) is 39.5 Å². The fraction of sp³-hybridized carbons (Fsp3) is 0.324. The molecule has 7 aromatic carbocycles. The van der Waals surface area contributed by atoms with Gasteiger partial charge in [0.25, 0.3) is 0 Å². The van der Waals surface area contributed by atoms with Gasteiger partial charge < -0.3 is 5.11 Å². The molecule has 384 valence electrons. The predicted molar refractivity (Wildman–Crippen MR) is 321 cm³/mol. The van der Waals surface area contributed by atoms with Crippen molar-refractivity contribution in [2.45, 2.75) is 150 Å². The number of rotatable bonds is 15. The minimum absolute atomic E-state index is 0.0643. The van der Waals surface area contributed by atoms with Crippen molar-refractivity contribution in [3.05, 3.63) is 191 Å². The van der Waals surface area contributed by atoms with Gasteiger partial charge in [-0.2, -0.15) is 0 Å². The second-order valence-electron chi connectivity index (χ2n) is 21.7. The normalized spacial score (nSPS) is 15.4. The topological polar surface area (TPSA) is 50.9 Å². The zero-order valence-corrected chi connectivity index (χ0v) is 45.3. The molecule has 0 saturated carbocycles. The van der Waals surface area contributed by atoms with E-state index in [0.717, 1.165) is 75.8 Å². The Morgan fingerprint density at radius 1 is 0.560 bits per heavy atom. The molecular formula is C71H79N3O. The number of aromatic hydroxyl groups is 1. The van der Waals surface area contributed by atoms with E-state index < -0.39 is 32.8 Å². The fourth-order valence-corrected chi connectivity index (χ4v) is 10.8. The minimum Gasteiger partial charge on any atom is -0.507 e. The zero-order valence-electron chi connectivity index (χ0n) is 57.3. The molecule has 2 aromatic heterocycles. The molecule has 9 aromatic rings. The summed E-state index contributed by atoms with van der Waals surface area (Å²) in [5.74, 6) is 0.451. The predicted octanol–water partition coefficient (Wildman–Crippen LogP) is 20.1. The van der Waals surface area contributed by atoms with Gasteiger partial charge in [0.15, 0.2) is 0 Å². The number of phenols is 1. The van der Waals surface area contributed by atoms with Crippen LogP contribution in [0.15, 0.2) is 158 Å². The number of pyridine rings is 1. The first kappa shape index (κ1) is 39.4. The molecule has 0 aliphatic rings. The SMILES string of the molecule is [2H]C([2H])([2H])c1cc(-c2c(C(C)(CC)CC)cccc2C(C)(CC)CC)ccc1-n1c(-c2cc(C(C)C)cc(C(C)C)c2O)nc2c(-c3cc(-c4ccccc4)cc(-c4cc(-c5ccc(C(C([2H])([2H])[2H])(C([2H])([2H])[2H])C([2H])([2H])[2H])cc5)ccn4)c3)cccc21. The van der Waals surface area contributed by atoms with Gasteiger partial charge in [-0.1, -0.05) is 187 Å². The Bertz CT molecular complexity index is 3900. The number of fused-ring (bicyclic) bond motifs is 1. The van der Waals surface area contributed by atoms with Crippen LogP contribution in [-0.2, 0) is 16.2 Å². The molecular weight excluding hydrogens is 911 g/mol. The van der Waals surface area contributed by atoms with Crippen LogP contribution in [0.5, 0.6) is 5.75 Å². The molecule has 0 aliphatic heterocycles. The monoisotopic (exact) mass is 1000 g/mol. The van der Waals surface area contributed by atoms with Crippen molar-refractivity contribution in [1.29, 1.82) is 0 Å². The molecule has 0 unspecified atom stereocenters. The molecule has 4 heteroatoms. The lowest BCUT2D eigenvalue weighted by atomic mass is 9.68. The first-order valence-electron chi connectivity index (χ1n) is 32.7. The summed E-state index contributed by atoms with van der Waals surface area (Å²) < 4.78 is 105. The van der Waals surface area contributed by atoms with E-state index in [1.54, 1.807) is 12.3 Å². The van der Waals surface area contributed by atoms with E-state index in [0.29, 0.717) is 44.9 Å². The molecule has 0 amide bonds. The van der Waals surface area contributed by atoms with E-state index in [1.807, 2.05) is 109 Å². The Morgan fingerprint density at radius 3 is 1.81 bits per heavy atom. The Labute approximate surface area is 465 Å². The Balaban J connectivity index is 1.31. The summed E-state index contributed by atoms with van der Waals surface area (Å²) in [7, 11) is 0. The van der Waals surface area contributed by atoms with Crippen LogP contribution in [-0.4, -0.2) is 19.6 Å². The van der Waals surface area contributed by atoms with Crippen LogP contribution in [0.2, 0.25) is 0 Å². The number of hydrogen-bond acceptors (Lipinski definition) is 3. The van der Waals surface area contributed by atoms with Crippen LogP contribution >= 0.6 is 0 Å². The fourth-order valence-electron chi connectivity index (χ4n) is 10.8. The number of phenolic OH excluding ortho intramolecular Hbond substituents is 1. The van der Waals surface area contributed by atoms with E-state index in [1.165, 1.54) is 35.4 Å². The lowest BCUT2D eigenvalue weighted by Crippen LogP contribution is -2.25. The highest BCUT2D eigenvalue weighted by Crippen LogP contribution is 2.48. The smallest absolute Gasteiger partial charge is 0.149 e. The number of para-hydroxylation sites is 1. The molecule has 9 rings (SSSR count). The van der Waals surface area contributed by atoms with Crippen molar-refractivity contribution < 1.29 is 21.6 Å². The first-order valence-corrected chi connectivity index (χ1v) is 26.7. The quantitative estimate of drug-likeness (QED) is 0.111. The van der Waals surface area contributed by atoms with Crippen molar-refractivity contribution in [2.24, 2.45) is 0 Å². The third-order valence-electron chi connectivity index (χ3n) is 16.4. The molecule has 0 bridgehead atoms. The van der Waals surface area contributed by atoms with Gasteiger partial charge in [-0.25, -0.2) is 4.98 Å². The molecule has 0 atom stereocenters. The van der Waals surface area contributed by atoms with E-state index in [2.05, 4.69) is 85.7 Å². The van der Waals surface area contributed by atoms with Gasteiger partial charge in [0.05, 0.1) is 28.0 Å². The maximum absolute atomic E-state index is 12.6. The standard InChI is InChI=1S/C71H79N3O/c1-15-70(13,16-2)60-27-23-28-61(71(14,17-3)18-4)65(60)51-32-35-63(47(9)38-51)74-64-29-22-26-57(66(64)73-68(74)59-43-52(45(5)6)42-58(46(7)8)67(59)75)54-39-53(48-24-20-19-21-25-48)40-55(41-54)62-44-50(36-37-72-62)49-30-33-56(34-31-49)69(10,11)12/h19-46,75H,15-18H2,1-14H3/i9D3,10D3,11D3,12D3. The third kappa shape index (κ3) is 10.0. The van der Waals surface area contributed by atoms with Gasteiger partial charge in [-0.15, -0.1) is 0 Å². The van der Waals surface area contributed by atoms with Gasteiger partial charge in [0.1, 0.15) is 11.6 Å². The molecule has 0 fully saturated rings. The van der Waals surface area contributed by atoms with Crippen molar-refractivity contribution in [3.8, 4) is 78.6 Å². The zero-order chi connectivity index (χ0) is 63.6. The lowest BCUT2D eigenvalue weighted by Gasteiger charge is -2.36. The number of nitrogens with zero attached hydrogens (tertiary/aromatic N) is 3. The summed E-state index contributed by atoms with van der Waals surface area (Å²) in [4.78, 5) is 10.4. The summed E-state index contributed by atoms with van der Waals surface area (Å²) in [5.41, 5.74) is 10.1. The average molecular weight is 1000 g/mol. The highest BCUT2D eigenvalue weighted by molar-refractivity contribution is 5.98. The number of hydrogen-bond donors (Lipinski definition) is 1. The van der Waals surface area contributed by atoms with Crippen LogP contribution in [0.25, 0.3) is 83.9 Å². The minimum atomic E-state index is -3.40. The Hall–Kier alpha value is -7.04. The van der Waals surface area contributed by atoms with Crippen LogP contribution < -0.4 is 0 Å². The summed E-state index contributed by atoms with van der Waals surface area (Å²) >= 11 is 0. The highest BCUT2D eigenvalue weighted by Gasteiger charge is 2.33. The van der Waals surface area contributed by atoms with E-state index in [4.69, 9.17) is 22.3 Å². The first-order chi connectivity index (χ1) is 40.8. The summed E-state index contributed by atoms with van der Waals surface area (Å²) in [6.45, 7) is 8.96. The van der Waals surface area contributed by atoms with Gasteiger partial charge in [0, 0.05) is 33.8 Å². The molecule has 0 saturated heterocycles. The number of benzene rings is 7. The van der Waals surface area contributed by atoms with Crippen molar-refractivity contribution in [3.63, 3.8) is 0 Å². The molecule has 75 heavy (non-hydrogen) atoms. The van der Waals surface area contributed by atoms with Crippen LogP contribution in [0.1, 0.15) is 177 Å². The maximum atomic E-state index is 12.6. The molecule has 1 N–H and O–H groups in total. The number of imidazole rings is 1. The van der Waals surface area contributed by atoms with Crippen LogP contribution in [0.3, 0.4) is 0 Å². The van der Waals surface area contributed by atoms with Gasteiger partial charge in [0.2, 0.25) is 0 Å². The second-order valence-corrected chi connectivity index (χ2v) is 21.7. The lowest BCUT2D eigenvalue weighted by molar-refractivity contribution is 0.426. The highest BCUT2D eigenvalue weighted by atomic mass is 16.3.